The third-order valence-corrected chi connectivity index (χ3v) is 3.85. The molecule has 0 aromatic heterocycles. The van der Waals surface area contributed by atoms with Crippen LogP contribution in [0, 0.1) is 10.1 Å². The third kappa shape index (κ3) is 3.86. The molecule has 6 N–H and O–H groups in total. The van der Waals surface area contributed by atoms with Gasteiger partial charge < -0.3 is 35.6 Å². The van der Waals surface area contributed by atoms with Crippen molar-refractivity contribution >= 4 is 11.6 Å². The van der Waals surface area contributed by atoms with E-state index in [9.17, 15) is 35.3 Å². The number of aliphatic hydroxyl groups is 4. The quantitative estimate of drug-likeness (QED) is 0.284. The van der Waals surface area contributed by atoms with E-state index in [4.69, 9.17) is 15.2 Å². The molecule has 138 valence electrons. The summed E-state index contributed by atoms with van der Waals surface area (Å²) < 4.78 is 10.6. The Bertz CT molecular complexity index is 638. The molecule has 2 rings (SSSR count). The summed E-state index contributed by atoms with van der Waals surface area (Å²) in [6.07, 6.45) is -7.33. The molecule has 0 aliphatic carbocycles. The lowest BCUT2D eigenvalue weighted by Crippen LogP contribution is -2.68. The van der Waals surface area contributed by atoms with E-state index in [2.05, 4.69) is 0 Å². The zero-order valence-electron chi connectivity index (χ0n) is 12.9. The second-order valence-electron chi connectivity index (χ2n) is 5.63. The zero-order chi connectivity index (χ0) is 18.8. The Labute approximate surface area is 141 Å². The number of nitrogens with zero attached hydrogens (tertiary/aromatic N) is 1. The molecule has 1 aliphatic heterocycles. The SMILES string of the molecule is NC(=O)C[C@]1(O)[C@@H](Oc2ccc([N+](=O)[O-])cc2)O[C@H](CO)[C@H](O)[C@@H]1O. The number of benzene rings is 1. The Balaban J connectivity index is 2.29. The highest BCUT2D eigenvalue weighted by Gasteiger charge is 2.56. The summed E-state index contributed by atoms with van der Waals surface area (Å²) in [7, 11) is 0. The van der Waals surface area contributed by atoms with Crippen molar-refractivity contribution in [3.63, 3.8) is 0 Å². The Morgan fingerprint density at radius 2 is 1.96 bits per heavy atom. The van der Waals surface area contributed by atoms with Gasteiger partial charge in [-0.2, -0.15) is 0 Å². The van der Waals surface area contributed by atoms with Crippen molar-refractivity contribution in [3.8, 4) is 5.75 Å². The molecule has 1 amide bonds. The molecular formula is C14H18N2O9. The van der Waals surface area contributed by atoms with Crippen molar-refractivity contribution in [2.45, 2.75) is 36.6 Å². The van der Waals surface area contributed by atoms with Gasteiger partial charge >= 0.3 is 0 Å². The monoisotopic (exact) mass is 358 g/mol. The summed E-state index contributed by atoms with van der Waals surface area (Å²) in [5, 5.41) is 50.5. The van der Waals surface area contributed by atoms with Crippen LogP contribution in [0.5, 0.6) is 5.75 Å². The van der Waals surface area contributed by atoms with E-state index in [-0.39, 0.29) is 11.4 Å². The first-order valence-corrected chi connectivity index (χ1v) is 7.23. The minimum Gasteiger partial charge on any atom is -0.462 e. The van der Waals surface area contributed by atoms with Crippen LogP contribution in [0.25, 0.3) is 0 Å². The van der Waals surface area contributed by atoms with Crippen LogP contribution < -0.4 is 10.5 Å². The fourth-order valence-corrected chi connectivity index (χ4v) is 2.51. The number of carbonyl (C=O) groups excluding carboxylic acids is 1. The summed E-state index contributed by atoms with van der Waals surface area (Å²) in [6, 6.07) is 4.72. The van der Waals surface area contributed by atoms with Gasteiger partial charge in [-0.1, -0.05) is 0 Å². The maximum Gasteiger partial charge on any atom is 0.269 e. The van der Waals surface area contributed by atoms with Crippen molar-refractivity contribution in [3.05, 3.63) is 34.4 Å². The smallest absolute Gasteiger partial charge is 0.269 e. The van der Waals surface area contributed by atoms with Crippen LogP contribution in [0.1, 0.15) is 6.42 Å². The van der Waals surface area contributed by atoms with Crippen molar-refractivity contribution < 1.29 is 39.6 Å². The number of hydrogen-bond acceptors (Lipinski definition) is 9. The highest BCUT2D eigenvalue weighted by molar-refractivity contribution is 5.75. The van der Waals surface area contributed by atoms with E-state index < -0.39 is 54.1 Å². The molecule has 0 radical (unpaired) electrons. The van der Waals surface area contributed by atoms with Gasteiger partial charge in [0.05, 0.1) is 18.0 Å². The number of carbonyl (C=O) groups is 1. The molecule has 0 bridgehead atoms. The van der Waals surface area contributed by atoms with Gasteiger partial charge in [0, 0.05) is 12.1 Å². The molecule has 1 aromatic rings. The highest BCUT2D eigenvalue weighted by atomic mass is 16.7. The molecule has 0 saturated carbocycles. The number of ether oxygens (including phenoxy) is 2. The van der Waals surface area contributed by atoms with Crippen LogP contribution in [0.3, 0.4) is 0 Å². The summed E-state index contributed by atoms with van der Waals surface area (Å²) in [5.41, 5.74) is 2.47. The lowest BCUT2D eigenvalue weighted by molar-refractivity contribution is -0.384. The molecule has 11 heteroatoms. The van der Waals surface area contributed by atoms with E-state index in [0.717, 1.165) is 12.1 Å². The van der Waals surface area contributed by atoms with Gasteiger partial charge in [-0.05, 0) is 12.1 Å². The molecule has 1 heterocycles. The van der Waals surface area contributed by atoms with Crippen LogP contribution in [-0.2, 0) is 9.53 Å². The van der Waals surface area contributed by atoms with E-state index >= 15 is 0 Å². The van der Waals surface area contributed by atoms with Gasteiger partial charge in [-0.3, -0.25) is 14.9 Å². The van der Waals surface area contributed by atoms with Gasteiger partial charge in [0.15, 0.2) is 5.60 Å². The topological polar surface area (TPSA) is 186 Å². The summed E-state index contributed by atoms with van der Waals surface area (Å²) in [5.74, 6) is -0.962. The summed E-state index contributed by atoms with van der Waals surface area (Å²) in [6.45, 7) is -0.689. The predicted molar refractivity (Wildman–Crippen MR) is 80.2 cm³/mol. The number of nitrogens with two attached hydrogens (primary N) is 1. The molecule has 1 aliphatic rings. The summed E-state index contributed by atoms with van der Waals surface area (Å²) >= 11 is 0. The van der Waals surface area contributed by atoms with E-state index in [0.29, 0.717) is 0 Å². The number of non-ortho nitro benzene ring substituents is 1. The normalized spacial score (nSPS) is 32.2. The Hall–Kier alpha value is -2.31. The average Bonchev–Trinajstić information content (AvgIpc) is 2.55. The summed E-state index contributed by atoms with van der Waals surface area (Å²) in [4.78, 5) is 21.3. The molecule has 0 unspecified atom stereocenters. The zero-order valence-corrected chi connectivity index (χ0v) is 12.9. The van der Waals surface area contributed by atoms with Gasteiger partial charge in [0.2, 0.25) is 12.2 Å². The number of amides is 1. The second-order valence-corrected chi connectivity index (χ2v) is 5.63. The fourth-order valence-electron chi connectivity index (χ4n) is 2.51. The van der Waals surface area contributed by atoms with Crippen LogP contribution >= 0.6 is 0 Å². The van der Waals surface area contributed by atoms with E-state index in [1.807, 2.05) is 0 Å². The van der Waals surface area contributed by atoms with Gasteiger partial charge in [0.25, 0.3) is 5.69 Å². The molecule has 0 spiro atoms. The van der Waals surface area contributed by atoms with Crippen molar-refractivity contribution in [1.82, 2.24) is 0 Å². The van der Waals surface area contributed by atoms with Crippen LogP contribution in [0.2, 0.25) is 0 Å². The predicted octanol–water partition coefficient (Wildman–Crippen LogP) is -1.98. The van der Waals surface area contributed by atoms with Crippen molar-refractivity contribution in [2.75, 3.05) is 6.61 Å². The standard InChI is InChI=1S/C14H18N2O9/c15-10(18)5-14(21)12(20)11(19)9(6-17)25-13(14)24-8-3-1-7(2-4-8)16(22)23/h1-4,9,11-13,17,19-21H,5-6H2,(H2,15,18)/t9-,11+,12+,13+,14-/m1/s1. The largest absolute Gasteiger partial charge is 0.462 e. The Morgan fingerprint density at radius 1 is 1.36 bits per heavy atom. The number of primary amides is 1. The van der Waals surface area contributed by atoms with E-state index in [1.165, 1.54) is 12.1 Å². The molecule has 1 saturated heterocycles. The number of aliphatic hydroxyl groups excluding tert-OH is 3. The van der Waals surface area contributed by atoms with Gasteiger partial charge in [0.1, 0.15) is 24.1 Å². The van der Waals surface area contributed by atoms with Gasteiger partial charge in [-0.15, -0.1) is 0 Å². The maximum atomic E-state index is 11.2. The first kappa shape index (κ1) is 19.0. The number of rotatable bonds is 6. The lowest BCUT2D eigenvalue weighted by Gasteiger charge is -2.47. The molecule has 11 nitrogen and oxygen atoms in total. The van der Waals surface area contributed by atoms with Crippen molar-refractivity contribution in [2.24, 2.45) is 5.73 Å². The average molecular weight is 358 g/mol. The minimum atomic E-state index is -2.39. The molecule has 25 heavy (non-hydrogen) atoms. The Morgan fingerprint density at radius 3 is 2.44 bits per heavy atom. The van der Waals surface area contributed by atoms with E-state index in [1.54, 1.807) is 0 Å². The maximum absolute atomic E-state index is 11.2. The Kier molecular flexibility index (Phi) is 5.55. The first-order chi connectivity index (χ1) is 11.7. The number of hydrogen-bond donors (Lipinski definition) is 5. The number of nitro groups is 1. The molecule has 1 fully saturated rings. The van der Waals surface area contributed by atoms with Gasteiger partial charge in [-0.25, -0.2) is 0 Å². The molecular weight excluding hydrogens is 340 g/mol. The molecule has 5 atom stereocenters. The van der Waals surface area contributed by atoms with Crippen LogP contribution in [-0.4, -0.2) is 68.1 Å². The first-order valence-electron chi connectivity index (χ1n) is 7.23. The third-order valence-electron chi connectivity index (χ3n) is 3.85. The highest BCUT2D eigenvalue weighted by Crippen LogP contribution is 2.34. The molecule has 1 aromatic carbocycles. The number of nitro benzene ring substituents is 1. The fraction of sp³-hybridized carbons (Fsp3) is 0.500. The second kappa shape index (κ2) is 7.29. The van der Waals surface area contributed by atoms with Crippen LogP contribution in [0.4, 0.5) is 5.69 Å². The lowest BCUT2D eigenvalue weighted by atomic mass is 9.83. The van der Waals surface area contributed by atoms with Crippen molar-refractivity contribution in [1.29, 1.82) is 0 Å². The minimum absolute atomic E-state index is 0.0266. The van der Waals surface area contributed by atoms with Crippen LogP contribution in [0.15, 0.2) is 24.3 Å².